The molecule has 2 amide bonds. The first-order valence-corrected chi connectivity index (χ1v) is 9.10. The molecule has 2 aromatic rings. The Kier molecular flexibility index (Phi) is 6.33. The highest BCUT2D eigenvalue weighted by Gasteiger charge is 2.21. The second kappa shape index (κ2) is 9.09. The zero-order chi connectivity index (χ0) is 19.1. The molecular formula is C21H24N4O2. The van der Waals surface area contributed by atoms with Gasteiger partial charge < -0.3 is 10.6 Å². The number of aromatic nitrogens is 1. The molecule has 27 heavy (non-hydrogen) atoms. The van der Waals surface area contributed by atoms with E-state index in [2.05, 4.69) is 27.1 Å². The van der Waals surface area contributed by atoms with Crippen molar-refractivity contribution in [2.75, 3.05) is 18.4 Å². The van der Waals surface area contributed by atoms with E-state index in [9.17, 15) is 9.59 Å². The van der Waals surface area contributed by atoms with Crippen LogP contribution in [-0.2, 0) is 11.3 Å². The molecule has 0 saturated carbocycles. The molecule has 1 aliphatic rings. The van der Waals surface area contributed by atoms with Gasteiger partial charge in [0.2, 0.25) is 5.91 Å². The van der Waals surface area contributed by atoms with E-state index in [0.29, 0.717) is 11.3 Å². The van der Waals surface area contributed by atoms with Crippen LogP contribution in [0.25, 0.3) is 0 Å². The lowest BCUT2D eigenvalue weighted by Crippen LogP contribution is -2.44. The van der Waals surface area contributed by atoms with Gasteiger partial charge in [-0.2, -0.15) is 0 Å². The SMILES string of the molecule is C=CC(=O)Nc1cccc(C(=O)NC2CCN(Cc3ccccn3)CC2)c1. The number of hydrogen-bond donors (Lipinski definition) is 2. The number of carbonyl (C=O) groups is 2. The monoisotopic (exact) mass is 364 g/mol. The van der Waals surface area contributed by atoms with Crippen molar-refractivity contribution in [1.29, 1.82) is 0 Å². The molecule has 2 N–H and O–H groups in total. The summed E-state index contributed by atoms with van der Waals surface area (Å²) in [5.41, 5.74) is 2.18. The molecule has 0 atom stereocenters. The summed E-state index contributed by atoms with van der Waals surface area (Å²) in [5, 5.41) is 5.77. The smallest absolute Gasteiger partial charge is 0.251 e. The maximum atomic E-state index is 12.5. The Morgan fingerprint density at radius 1 is 1.19 bits per heavy atom. The van der Waals surface area contributed by atoms with E-state index < -0.39 is 0 Å². The van der Waals surface area contributed by atoms with E-state index in [0.717, 1.165) is 38.2 Å². The lowest BCUT2D eigenvalue weighted by molar-refractivity contribution is -0.111. The van der Waals surface area contributed by atoms with E-state index in [-0.39, 0.29) is 17.9 Å². The minimum absolute atomic E-state index is 0.118. The number of rotatable bonds is 6. The molecule has 2 heterocycles. The lowest BCUT2D eigenvalue weighted by Gasteiger charge is -2.32. The summed E-state index contributed by atoms with van der Waals surface area (Å²) in [6.45, 7) is 6.12. The summed E-state index contributed by atoms with van der Waals surface area (Å²) in [6, 6.07) is 13.0. The van der Waals surface area contributed by atoms with Crippen molar-refractivity contribution in [1.82, 2.24) is 15.2 Å². The highest BCUT2D eigenvalue weighted by atomic mass is 16.2. The van der Waals surface area contributed by atoms with Gasteiger partial charge in [0.25, 0.3) is 5.91 Å². The number of piperidine rings is 1. The van der Waals surface area contributed by atoms with Crippen LogP contribution >= 0.6 is 0 Å². The third-order valence-electron chi connectivity index (χ3n) is 4.61. The Labute approximate surface area is 159 Å². The predicted molar refractivity (Wildman–Crippen MR) is 105 cm³/mol. The molecule has 0 bridgehead atoms. The van der Waals surface area contributed by atoms with Crippen LogP contribution in [0.15, 0.2) is 61.3 Å². The van der Waals surface area contributed by atoms with Gasteiger partial charge in [0.05, 0.1) is 5.69 Å². The normalized spacial score (nSPS) is 15.1. The molecule has 1 aromatic heterocycles. The Hall–Kier alpha value is -2.99. The van der Waals surface area contributed by atoms with Crippen LogP contribution in [0.1, 0.15) is 28.9 Å². The van der Waals surface area contributed by atoms with Crippen molar-refractivity contribution in [3.8, 4) is 0 Å². The third kappa shape index (κ3) is 5.49. The second-order valence-corrected chi connectivity index (χ2v) is 6.62. The number of nitrogens with zero attached hydrogens (tertiary/aromatic N) is 2. The quantitative estimate of drug-likeness (QED) is 0.773. The average Bonchev–Trinajstić information content (AvgIpc) is 2.70. The summed E-state index contributed by atoms with van der Waals surface area (Å²) in [7, 11) is 0. The minimum Gasteiger partial charge on any atom is -0.349 e. The number of likely N-dealkylation sites (tertiary alicyclic amines) is 1. The van der Waals surface area contributed by atoms with Gasteiger partial charge >= 0.3 is 0 Å². The largest absolute Gasteiger partial charge is 0.349 e. The summed E-state index contributed by atoms with van der Waals surface area (Å²) in [4.78, 5) is 30.7. The van der Waals surface area contributed by atoms with Crippen LogP contribution in [0, 0.1) is 0 Å². The molecule has 0 spiro atoms. The van der Waals surface area contributed by atoms with Crippen molar-refractivity contribution in [3.63, 3.8) is 0 Å². The number of benzene rings is 1. The van der Waals surface area contributed by atoms with Gasteiger partial charge in [-0.1, -0.05) is 18.7 Å². The van der Waals surface area contributed by atoms with Crippen LogP contribution in [0.3, 0.4) is 0 Å². The Morgan fingerprint density at radius 3 is 2.70 bits per heavy atom. The third-order valence-corrected chi connectivity index (χ3v) is 4.61. The summed E-state index contributed by atoms with van der Waals surface area (Å²) in [5.74, 6) is -0.416. The van der Waals surface area contributed by atoms with Crippen molar-refractivity contribution in [2.45, 2.75) is 25.4 Å². The first kappa shape index (κ1) is 18.8. The van der Waals surface area contributed by atoms with Crippen molar-refractivity contribution in [3.05, 3.63) is 72.6 Å². The number of anilines is 1. The highest BCUT2D eigenvalue weighted by Crippen LogP contribution is 2.15. The summed E-state index contributed by atoms with van der Waals surface area (Å²) >= 11 is 0. The molecular weight excluding hydrogens is 340 g/mol. The Balaban J connectivity index is 1.50. The van der Waals surface area contributed by atoms with Gasteiger partial charge in [-0.05, 0) is 49.2 Å². The molecule has 1 fully saturated rings. The molecule has 140 valence electrons. The fourth-order valence-electron chi connectivity index (χ4n) is 3.16. The van der Waals surface area contributed by atoms with E-state index in [1.165, 1.54) is 6.08 Å². The van der Waals surface area contributed by atoms with Crippen LogP contribution < -0.4 is 10.6 Å². The molecule has 0 radical (unpaired) electrons. The molecule has 6 nitrogen and oxygen atoms in total. The topological polar surface area (TPSA) is 74.3 Å². The average molecular weight is 364 g/mol. The van der Waals surface area contributed by atoms with Crippen LogP contribution in [0.5, 0.6) is 0 Å². The molecule has 1 saturated heterocycles. The fourth-order valence-corrected chi connectivity index (χ4v) is 3.16. The van der Waals surface area contributed by atoms with E-state index in [1.54, 1.807) is 24.3 Å². The number of carbonyl (C=O) groups excluding carboxylic acids is 2. The number of amides is 2. The van der Waals surface area contributed by atoms with Gasteiger partial charge in [-0.15, -0.1) is 0 Å². The fraction of sp³-hybridized carbons (Fsp3) is 0.286. The Bertz CT molecular complexity index is 799. The minimum atomic E-state index is -0.298. The van der Waals surface area contributed by atoms with Crippen molar-refractivity contribution >= 4 is 17.5 Å². The molecule has 0 aliphatic carbocycles. The van der Waals surface area contributed by atoms with Crippen LogP contribution in [-0.4, -0.2) is 40.8 Å². The first-order chi connectivity index (χ1) is 13.1. The highest BCUT2D eigenvalue weighted by molar-refractivity contribution is 6.00. The Morgan fingerprint density at radius 2 is 2.00 bits per heavy atom. The van der Waals surface area contributed by atoms with Crippen LogP contribution in [0.2, 0.25) is 0 Å². The van der Waals surface area contributed by atoms with Crippen molar-refractivity contribution < 1.29 is 9.59 Å². The van der Waals surface area contributed by atoms with E-state index in [1.807, 2.05) is 24.4 Å². The zero-order valence-corrected chi connectivity index (χ0v) is 15.2. The maximum Gasteiger partial charge on any atom is 0.251 e. The van der Waals surface area contributed by atoms with Gasteiger partial charge in [0.15, 0.2) is 0 Å². The van der Waals surface area contributed by atoms with Crippen molar-refractivity contribution in [2.24, 2.45) is 0 Å². The first-order valence-electron chi connectivity index (χ1n) is 9.10. The number of pyridine rings is 1. The van der Waals surface area contributed by atoms with E-state index in [4.69, 9.17) is 0 Å². The molecule has 0 unspecified atom stereocenters. The van der Waals surface area contributed by atoms with Gasteiger partial charge in [-0.3, -0.25) is 19.5 Å². The van der Waals surface area contributed by atoms with Gasteiger partial charge in [0, 0.05) is 43.1 Å². The number of nitrogens with one attached hydrogen (secondary N) is 2. The summed E-state index contributed by atoms with van der Waals surface area (Å²) < 4.78 is 0. The second-order valence-electron chi connectivity index (χ2n) is 6.62. The predicted octanol–water partition coefficient (Wildman–Crippen LogP) is 2.60. The molecule has 3 rings (SSSR count). The number of hydrogen-bond acceptors (Lipinski definition) is 4. The van der Waals surface area contributed by atoms with Crippen LogP contribution in [0.4, 0.5) is 5.69 Å². The zero-order valence-electron chi connectivity index (χ0n) is 15.2. The van der Waals surface area contributed by atoms with Gasteiger partial charge in [0.1, 0.15) is 0 Å². The molecule has 6 heteroatoms. The summed E-state index contributed by atoms with van der Waals surface area (Å²) in [6.07, 6.45) is 4.83. The van der Waals surface area contributed by atoms with E-state index >= 15 is 0 Å². The van der Waals surface area contributed by atoms with Gasteiger partial charge in [-0.25, -0.2) is 0 Å². The molecule has 1 aromatic carbocycles. The maximum absolute atomic E-state index is 12.5. The lowest BCUT2D eigenvalue weighted by atomic mass is 10.0. The standard InChI is InChI=1S/C21H24N4O2/c1-2-20(26)23-18-8-5-6-16(14-18)21(27)24-17-9-12-25(13-10-17)15-19-7-3-4-11-22-19/h2-8,11,14,17H,1,9-10,12-13,15H2,(H,23,26)(H,24,27). The molecule has 1 aliphatic heterocycles.